The van der Waals surface area contributed by atoms with Crippen LogP contribution in [0.4, 0.5) is 0 Å². The maximum Gasteiger partial charge on any atom is 0.0552 e. The normalized spacial score (nSPS) is 11.1. The van der Waals surface area contributed by atoms with Crippen molar-refractivity contribution in [1.29, 1.82) is 0 Å². The first-order chi connectivity index (χ1) is 6.27. The number of unbranched alkanes of at least 4 members (excludes halogenated alkanes) is 1. The van der Waals surface area contributed by atoms with E-state index < -0.39 is 0 Å². The molecule has 13 heavy (non-hydrogen) atoms. The fourth-order valence-corrected chi connectivity index (χ4v) is 1.86. The number of hydrogen-bond donors (Lipinski definition) is 1. The minimum Gasteiger partial charge on any atom is -0.384 e. The van der Waals surface area contributed by atoms with Crippen molar-refractivity contribution in [2.24, 2.45) is 0 Å². The third kappa shape index (κ3) is 12.3. The molecule has 0 spiro atoms. The SMILES string of the molecule is COCCSCCCCNC(C)C. The van der Waals surface area contributed by atoms with Crippen LogP contribution in [-0.2, 0) is 4.74 Å². The second-order valence-corrected chi connectivity index (χ2v) is 4.65. The lowest BCUT2D eigenvalue weighted by molar-refractivity contribution is 0.218. The zero-order valence-corrected chi connectivity index (χ0v) is 9.95. The molecule has 0 atom stereocenters. The zero-order valence-electron chi connectivity index (χ0n) is 9.14. The summed E-state index contributed by atoms with van der Waals surface area (Å²) >= 11 is 1.98. The van der Waals surface area contributed by atoms with Crippen LogP contribution in [0.2, 0.25) is 0 Å². The first-order valence-corrected chi connectivity index (χ1v) is 6.23. The summed E-state index contributed by atoms with van der Waals surface area (Å²) < 4.78 is 4.97. The van der Waals surface area contributed by atoms with Gasteiger partial charge in [0.05, 0.1) is 6.61 Å². The van der Waals surface area contributed by atoms with Crippen molar-refractivity contribution in [2.45, 2.75) is 32.7 Å². The summed E-state index contributed by atoms with van der Waals surface area (Å²) in [6.45, 7) is 6.41. The summed E-state index contributed by atoms with van der Waals surface area (Å²) in [6, 6.07) is 0.626. The van der Waals surface area contributed by atoms with Gasteiger partial charge in [0.1, 0.15) is 0 Å². The Morgan fingerprint density at radius 3 is 2.62 bits per heavy atom. The Labute approximate surface area is 86.8 Å². The van der Waals surface area contributed by atoms with Gasteiger partial charge in [0.25, 0.3) is 0 Å². The largest absolute Gasteiger partial charge is 0.384 e. The first-order valence-electron chi connectivity index (χ1n) is 5.07. The highest BCUT2D eigenvalue weighted by Gasteiger charge is 1.92. The molecule has 0 aliphatic rings. The van der Waals surface area contributed by atoms with Crippen molar-refractivity contribution in [3.05, 3.63) is 0 Å². The van der Waals surface area contributed by atoms with Gasteiger partial charge in [-0.25, -0.2) is 0 Å². The van der Waals surface area contributed by atoms with Gasteiger partial charge in [-0.05, 0) is 25.1 Å². The van der Waals surface area contributed by atoms with E-state index in [0.717, 1.165) is 18.9 Å². The molecule has 0 saturated heterocycles. The Morgan fingerprint density at radius 1 is 1.23 bits per heavy atom. The lowest BCUT2D eigenvalue weighted by atomic mass is 10.3. The number of methoxy groups -OCH3 is 1. The predicted molar refractivity (Wildman–Crippen MR) is 61.6 cm³/mol. The minimum absolute atomic E-state index is 0.626. The Kier molecular flexibility index (Phi) is 10.6. The van der Waals surface area contributed by atoms with E-state index in [0.29, 0.717) is 6.04 Å². The van der Waals surface area contributed by atoms with Crippen LogP contribution in [0.5, 0.6) is 0 Å². The summed E-state index contributed by atoms with van der Waals surface area (Å²) in [5.41, 5.74) is 0. The molecule has 3 heteroatoms. The van der Waals surface area contributed by atoms with Crippen molar-refractivity contribution in [2.75, 3.05) is 31.8 Å². The summed E-state index contributed by atoms with van der Waals surface area (Å²) in [5.74, 6) is 2.40. The van der Waals surface area contributed by atoms with Crippen LogP contribution >= 0.6 is 11.8 Å². The molecule has 0 fully saturated rings. The molecule has 80 valence electrons. The maximum absolute atomic E-state index is 4.97. The van der Waals surface area contributed by atoms with Crippen LogP contribution in [0.15, 0.2) is 0 Å². The van der Waals surface area contributed by atoms with Crippen molar-refractivity contribution in [3.8, 4) is 0 Å². The minimum atomic E-state index is 0.626. The van der Waals surface area contributed by atoms with Gasteiger partial charge in [-0.2, -0.15) is 11.8 Å². The van der Waals surface area contributed by atoms with Crippen LogP contribution in [0.1, 0.15) is 26.7 Å². The maximum atomic E-state index is 4.97. The average Bonchev–Trinajstić information content (AvgIpc) is 2.09. The highest BCUT2D eigenvalue weighted by molar-refractivity contribution is 7.99. The average molecular weight is 205 g/mol. The van der Waals surface area contributed by atoms with Gasteiger partial charge in [0, 0.05) is 18.9 Å². The van der Waals surface area contributed by atoms with Crippen LogP contribution in [0, 0.1) is 0 Å². The summed E-state index contributed by atoms with van der Waals surface area (Å²) in [4.78, 5) is 0. The lowest BCUT2D eigenvalue weighted by Crippen LogP contribution is -2.23. The first kappa shape index (κ1) is 13.3. The highest BCUT2D eigenvalue weighted by Crippen LogP contribution is 2.03. The monoisotopic (exact) mass is 205 g/mol. The molecule has 0 aromatic rings. The quantitative estimate of drug-likeness (QED) is 0.583. The fraction of sp³-hybridized carbons (Fsp3) is 1.00. The Hall–Kier alpha value is 0.270. The smallest absolute Gasteiger partial charge is 0.0552 e. The molecular weight excluding hydrogens is 182 g/mol. The van der Waals surface area contributed by atoms with Crippen molar-refractivity contribution < 1.29 is 4.74 Å². The molecule has 0 bridgehead atoms. The van der Waals surface area contributed by atoms with E-state index >= 15 is 0 Å². The molecule has 1 N–H and O–H groups in total. The molecule has 0 aliphatic heterocycles. The number of nitrogens with one attached hydrogen (secondary N) is 1. The fourth-order valence-electron chi connectivity index (χ4n) is 0.964. The Bertz CT molecular complexity index is 98.9. The zero-order chi connectivity index (χ0) is 9.94. The second-order valence-electron chi connectivity index (χ2n) is 3.42. The predicted octanol–water partition coefficient (Wildman–Crippen LogP) is 2.14. The molecule has 0 aliphatic carbocycles. The van der Waals surface area contributed by atoms with Crippen LogP contribution in [-0.4, -0.2) is 37.8 Å². The molecule has 2 nitrogen and oxygen atoms in total. The van der Waals surface area contributed by atoms with E-state index in [4.69, 9.17) is 4.74 Å². The van der Waals surface area contributed by atoms with Gasteiger partial charge in [0.15, 0.2) is 0 Å². The van der Waals surface area contributed by atoms with E-state index in [1.54, 1.807) is 7.11 Å². The van der Waals surface area contributed by atoms with Gasteiger partial charge >= 0.3 is 0 Å². The van der Waals surface area contributed by atoms with E-state index in [2.05, 4.69) is 19.2 Å². The van der Waals surface area contributed by atoms with Gasteiger partial charge in [-0.3, -0.25) is 0 Å². The van der Waals surface area contributed by atoms with Crippen molar-refractivity contribution in [1.82, 2.24) is 5.32 Å². The van der Waals surface area contributed by atoms with Crippen molar-refractivity contribution >= 4 is 11.8 Å². The van der Waals surface area contributed by atoms with E-state index in [1.165, 1.54) is 18.6 Å². The number of rotatable bonds is 9. The van der Waals surface area contributed by atoms with Gasteiger partial charge in [0.2, 0.25) is 0 Å². The molecule has 0 aromatic heterocycles. The summed E-state index contributed by atoms with van der Waals surface area (Å²) in [6.07, 6.45) is 2.60. The number of thioether (sulfide) groups is 1. The molecule has 0 rings (SSSR count). The van der Waals surface area contributed by atoms with Crippen LogP contribution in [0.25, 0.3) is 0 Å². The van der Waals surface area contributed by atoms with E-state index in [-0.39, 0.29) is 0 Å². The highest BCUT2D eigenvalue weighted by atomic mass is 32.2. The molecular formula is C10H23NOS. The number of ether oxygens (including phenoxy) is 1. The molecule has 0 saturated carbocycles. The number of hydrogen-bond acceptors (Lipinski definition) is 3. The summed E-state index contributed by atoms with van der Waals surface area (Å²) in [5, 5.41) is 3.41. The standard InChI is InChI=1S/C10H23NOS/c1-10(2)11-6-4-5-8-13-9-7-12-3/h10-11H,4-9H2,1-3H3. The molecule has 0 radical (unpaired) electrons. The molecule has 0 heterocycles. The molecule has 0 aromatic carbocycles. The van der Waals surface area contributed by atoms with Crippen LogP contribution in [0.3, 0.4) is 0 Å². The topological polar surface area (TPSA) is 21.3 Å². The molecule has 0 amide bonds. The Morgan fingerprint density at radius 2 is 2.00 bits per heavy atom. The summed E-state index contributed by atoms with van der Waals surface area (Å²) in [7, 11) is 1.76. The third-order valence-corrected chi connectivity index (χ3v) is 2.73. The van der Waals surface area contributed by atoms with Crippen LogP contribution < -0.4 is 5.32 Å². The van der Waals surface area contributed by atoms with Gasteiger partial charge < -0.3 is 10.1 Å². The third-order valence-electron chi connectivity index (χ3n) is 1.70. The van der Waals surface area contributed by atoms with E-state index in [9.17, 15) is 0 Å². The van der Waals surface area contributed by atoms with Gasteiger partial charge in [-0.1, -0.05) is 13.8 Å². The van der Waals surface area contributed by atoms with Gasteiger partial charge in [-0.15, -0.1) is 0 Å². The second kappa shape index (κ2) is 10.4. The lowest BCUT2D eigenvalue weighted by Gasteiger charge is -2.07. The van der Waals surface area contributed by atoms with Crippen molar-refractivity contribution in [3.63, 3.8) is 0 Å². The Balaban J connectivity index is 2.84. The van der Waals surface area contributed by atoms with E-state index in [1.807, 2.05) is 11.8 Å². The molecule has 0 unspecified atom stereocenters.